The van der Waals surface area contributed by atoms with Gasteiger partial charge < -0.3 is 15.8 Å². The van der Waals surface area contributed by atoms with Crippen LogP contribution in [0.4, 0.5) is 5.00 Å². The van der Waals surface area contributed by atoms with E-state index in [1.54, 1.807) is 18.2 Å². The zero-order valence-electron chi connectivity index (χ0n) is 15.6. The number of esters is 1. The van der Waals surface area contributed by atoms with E-state index in [0.717, 1.165) is 41.5 Å². The van der Waals surface area contributed by atoms with Crippen molar-refractivity contribution in [1.29, 1.82) is 0 Å². The van der Waals surface area contributed by atoms with Gasteiger partial charge in [-0.05, 0) is 43.4 Å². The maximum absolute atomic E-state index is 12.3. The lowest BCUT2D eigenvalue weighted by atomic mass is 9.95. The third-order valence-electron chi connectivity index (χ3n) is 4.81. The maximum atomic E-state index is 12.3. The first-order valence-corrected chi connectivity index (χ1v) is 10.1. The highest BCUT2D eigenvalue weighted by atomic mass is 32.1. The molecule has 0 saturated heterocycles. The average Bonchev–Trinajstić information content (AvgIpc) is 3.09. The molecule has 3 N–H and O–H groups in total. The molecule has 0 aliphatic heterocycles. The van der Waals surface area contributed by atoms with Gasteiger partial charge in [0.2, 0.25) is 0 Å². The summed E-state index contributed by atoms with van der Waals surface area (Å²) in [4.78, 5) is 41.8. The van der Waals surface area contributed by atoms with Crippen LogP contribution in [-0.2, 0) is 22.4 Å². The summed E-state index contributed by atoms with van der Waals surface area (Å²) >= 11 is 1.37. The number of carbonyl (C=O) groups is 3. The van der Waals surface area contributed by atoms with Gasteiger partial charge in [0.1, 0.15) is 10.7 Å². The number of benzene rings is 1. The Morgan fingerprint density at radius 1 is 1.10 bits per heavy atom. The summed E-state index contributed by atoms with van der Waals surface area (Å²) in [6.07, 6.45) is 3.70. The molecule has 0 radical (unpaired) electrons. The minimum absolute atomic E-state index is 0.126. The number of pyridine rings is 1. The lowest BCUT2D eigenvalue weighted by molar-refractivity contribution is -0.119. The highest BCUT2D eigenvalue weighted by Crippen LogP contribution is 2.37. The Hall–Kier alpha value is -3.26. The number of nitrogens with two attached hydrogens (primary N) is 1. The van der Waals surface area contributed by atoms with Crippen molar-refractivity contribution in [3.05, 3.63) is 58.1 Å². The van der Waals surface area contributed by atoms with Crippen LogP contribution in [0, 0.1) is 0 Å². The van der Waals surface area contributed by atoms with E-state index in [1.165, 1.54) is 11.3 Å². The van der Waals surface area contributed by atoms with Gasteiger partial charge >= 0.3 is 5.97 Å². The minimum atomic E-state index is -0.688. The number of para-hydroxylation sites is 1. The van der Waals surface area contributed by atoms with Gasteiger partial charge in [-0.3, -0.25) is 9.59 Å². The van der Waals surface area contributed by atoms with E-state index in [2.05, 4.69) is 10.3 Å². The molecule has 2 amide bonds. The number of nitrogens with one attached hydrogen (secondary N) is 1. The number of amides is 2. The molecule has 29 heavy (non-hydrogen) atoms. The maximum Gasteiger partial charge on any atom is 0.357 e. The van der Waals surface area contributed by atoms with Crippen molar-refractivity contribution in [3.8, 4) is 0 Å². The van der Waals surface area contributed by atoms with Crippen LogP contribution in [0.25, 0.3) is 10.9 Å². The smallest absolute Gasteiger partial charge is 0.357 e. The fraction of sp³-hybridized carbons (Fsp3) is 0.238. The highest BCUT2D eigenvalue weighted by Gasteiger charge is 2.25. The van der Waals surface area contributed by atoms with Crippen LogP contribution >= 0.6 is 11.3 Å². The summed E-state index contributed by atoms with van der Waals surface area (Å²) in [5.74, 6) is -1.77. The standard InChI is InChI=1S/C21H19N3O4S/c22-19(26)18-13-6-2-4-8-16(13)29-20(18)24-17(25)11-28-21(27)15-10-9-12-5-1-3-7-14(12)23-15/h1,3,5,7,9-10H,2,4,6,8,11H2,(H2,22,26)(H,24,25). The summed E-state index contributed by atoms with van der Waals surface area (Å²) in [6, 6.07) is 10.7. The number of aromatic nitrogens is 1. The average molecular weight is 409 g/mol. The molecule has 0 bridgehead atoms. The minimum Gasteiger partial charge on any atom is -0.451 e. The lowest BCUT2D eigenvalue weighted by Gasteiger charge is -2.11. The van der Waals surface area contributed by atoms with Crippen molar-refractivity contribution in [3.63, 3.8) is 0 Å². The van der Waals surface area contributed by atoms with Gasteiger partial charge in [0, 0.05) is 10.3 Å². The van der Waals surface area contributed by atoms with E-state index in [0.29, 0.717) is 16.1 Å². The zero-order valence-corrected chi connectivity index (χ0v) is 16.4. The van der Waals surface area contributed by atoms with Crippen molar-refractivity contribution in [1.82, 2.24) is 4.98 Å². The molecule has 0 spiro atoms. The van der Waals surface area contributed by atoms with Crippen LogP contribution in [0.3, 0.4) is 0 Å². The molecular formula is C21H19N3O4S. The second-order valence-corrected chi connectivity index (χ2v) is 7.90. The molecule has 148 valence electrons. The lowest BCUT2D eigenvalue weighted by Crippen LogP contribution is -2.23. The van der Waals surface area contributed by atoms with Crippen molar-refractivity contribution >= 4 is 45.0 Å². The van der Waals surface area contributed by atoms with Gasteiger partial charge in [-0.25, -0.2) is 9.78 Å². The third kappa shape index (κ3) is 3.97. The van der Waals surface area contributed by atoms with Crippen LogP contribution in [-0.4, -0.2) is 29.4 Å². The molecule has 0 saturated carbocycles. The quantitative estimate of drug-likeness (QED) is 0.629. The molecule has 2 aromatic heterocycles. The fourth-order valence-corrected chi connectivity index (χ4v) is 4.77. The topological polar surface area (TPSA) is 111 Å². The molecule has 0 fully saturated rings. The number of fused-ring (bicyclic) bond motifs is 2. The van der Waals surface area contributed by atoms with Crippen LogP contribution in [0.1, 0.15) is 44.1 Å². The van der Waals surface area contributed by atoms with Gasteiger partial charge in [-0.1, -0.05) is 24.3 Å². The second kappa shape index (κ2) is 8.00. The van der Waals surface area contributed by atoms with Crippen molar-refractivity contribution in [2.45, 2.75) is 25.7 Å². The molecular weight excluding hydrogens is 390 g/mol. The number of thiophene rings is 1. The third-order valence-corrected chi connectivity index (χ3v) is 6.02. The molecule has 7 nitrogen and oxygen atoms in total. The monoisotopic (exact) mass is 409 g/mol. The van der Waals surface area contributed by atoms with Gasteiger partial charge in [0.05, 0.1) is 11.1 Å². The molecule has 2 heterocycles. The van der Waals surface area contributed by atoms with Crippen LogP contribution < -0.4 is 11.1 Å². The first-order valence-electron chi connectivity index (χ1n) is 9.30. The van der Waals surface area contributed by atoms with Crippen LogP contribution in [0.5, 0.6) is 0 Å². The number of aryl methyl sites for hydroxylation is 1. The van der Waals surface area contributed by atoms with E-state index >= 15 is 0 Å². The zero-order chi connectivity index (χ0) is 20.4. The predicted octanol–water partition coefficient (Wildman–Crippen LogP) is 3.07. The summed E-state index contributed by atoms with van der Waals surface area (Å²) < 4.78 is 5.09. The SMILES string of the molecule is NC(=O)c1c(NC(=O)COC(=O)c2ccc3ccccc3n2)sc2c1CCCC2. The Morgan fingerprint density at radius 2 is 1.90 bits per heavy atom. The Bertz CT molecular complexity index is 1120. The molecule has 0 atom stereocenters. The van der Waals surface area contributed by atoms with Gasteiger partial charge in [0.25, 0.3) is 11.8 Å². The fourth-order valence-electron chi connectivity index (χ4n) is 3.46. The van der Waals surface area contributed by atoms with Crippen molar-refractivity contribution in [2.24, 2.45) is 5.73 Å². The first kappa shape index (κ1) is 19.1. The van der Waals surface area contributed by atoms with Crippen LogP contribution in [0.2, 0.25) is 0 Å². The van der Waals surface area contributed by atoms with E-state index < -0.39 is 24.4 Å². The normalized spacial score (nSPS) is 13.0. The molecule has 0 unspecified atom stereocenters. The van der Waals surface area contributed by atoms with E-state index in [4.69, 9.17) is 10.5 Å². The van der Waals surface area contributed by atoms with Crippen molar-refractivity contribution < 1.29 is 19.1 Å². The highest BCUT2D eigenvalue weighted by molar-refractivity contribution is 7.17. The summed E-state index contributed by atoms with van der Waals surface area (Å²) in [5.41, 5.74) is 7.63. The molecule has 4 rings (SSSR count). The number of anilines is 1. The number of carbonyl (C=O) groups excluding carboxylic acids is 3. The number of rotatable bonds is 5. The molecule has 1 aromatic carbocycles. The van der Waals surface area contributed by atoms with Crippen LogP contribution in [0.15, 0.2) is 36.4 Å². The number of primary amides is 1. The Labute approximate surface area is 170 Å². The Morgan fingerprint density at radius 3 is 2.72 bits per heavy atom. The van der Waals surface area contributed by atoms with Gasteiger partial charge in [-0.2, -0.15) is 0 Å². The molecule has 8 heteroatoms. The molecule has 1 aliphatic carbocycles. The summed E-state index contributed by atoms with van der Waals surface area (Å²) in [5, 5.41) is 4.00. The van der Waals surface area contributed by atoms with Gasteiger partial charge in [-0.15, -0.1) is 11.3 Å². The summed E-state index contributed by atoms with van der Waals surface area (Å²) in [7, 11) is 0. The van der Waals surface area contributed by atoms with E-state index in [1.807, 2.05) is 18.2 Å². The molecule has 3 aromatic rings. The molecule has 1 aliphatic rings. The number of nitrogens with zero attached hydrogens (tertiary/aromatic N) is 1. The van der Waals surface area contributed by atoms with E-state index in [-0.39, 0.29) is 5.69 Å². The van der Waals surface area contributed by atoms with E-state index in [9.17, 15) is 14.4 Å². The first-order chi connectivity index (χ1) is 14.0. The second-order valence-electron chi connectivity index (χ2n) is 6.79. The Kier molecular flexibility index (Phi) is 5.26. The predicted molar refractivity (Wildman–Crippen MR) is 110 cm³/mol. The largest absolute Gasteiger partial charge is 0.451 e. The van der Waals surface area contributed by atoms with Crippen molar-refractivity contribution in [2.75, 3.05) is 11.9 Å². The Balaban J connectivity index is 1.43. The van der Waals surface area contributed by atoms with Gasteiger partial charge in [0.15, 0.2) is 6.61 Å². The summed E-state index contributed by atoms with van der Waals surface area (Å²) in [6.45, 7) is -0.478. The number of ether oxygens (including phenoxy) is 1. The number of hydrogen-bond acceptors (Lipinski definition) is 6. The number of hydrogen-bond donors (Lipinski definition) is 2.